The van der Waals surface area contributed by atoms with Gasteiger partial charge in [-0.1, -0.05) is 18.2 Å². The highest BCUT2D eigenvalue weighted by Crippen LogP contribution is 2.36. The molecule has 1 aliphatic rings. The molecule has 2 aromatic carbocycles. The molecule has 3 aromatic rings. The molecular formula is C17H17N5O2S. The van der Waals surface area contributed by atoms with Gasteiger partial charge in [0.25, 0.3) is 10.0 Å². The number of hydrogen-bond acceptors (Lipinski definition) is 5. The Morgan fingerprint density at radius 3 is 2.64 bits per heavy atom. The first-order valence-electron chi connectivity index (χ1n) is 7.95. The minimum atomic E-state index is -3.64. The second-order valence-electron chi connectivity index (χ2n) is 6.19. The zero-order chi connectivity index (χ0) is 17.6. The molecule has 1 aliphatic heterocycles. The van der Waals surface area contributed by atoms with Crippen LogP contribution < -0.4 is 4.31 Å². The lowest BCUT2D eigenvalue weighted by Gasteiger charge is -2.24. The van der Waals surface area contributed by atoms with Gasteiger partial charge in [-0.2, -0.15) is 0 Å². The average molecular weight is 355 g/mol. The van der Waals surface area contributed by atoms with Gasteiger partial charge in [0.2, 0.25) is 0 Å². The molecule has 0 radical (unpaired) electrons. The Bertz CT molecular complexity index is 1030. The van der Waals surface area contributed by atoms with Crippen LogP contribution in [0, 0.1) is 6.92 Å². The van der Waals surface area contributed by atoms with Crippen LogP contribution in [0.2, 0.25) is 0 Å². The van der Waals surface area contributed by atoms with Crippen molar-refractivity contribution in [2.45, 2.75) is 31.2 Å². The van der Waals surface area contributed by atoms with E-state index in [4.69, 9.17) is 0 Å². The topological polar surface area (TPSA) is 81.0 Å². The molecule has 0 saturated carbocycles. The van der Waals surface area contributed by atoms with Crippen molar-refractivity contribution >= 4 is 15.7 Å². The lowest BCUT2D eigenvalue weighted by atomic mass is 10.1. The molecule has 0 bridgehead atoms. The third-order valence-corrected chi connectivity index (χ3v) is 6.39. The normalized spacial score (nSPS) is 16.9. The van der Waals surface area contributed by atoms with Crippen molar-refractivity contribution in [3.05, 3.63) is 59.9 Å². The van der Waals surface area contributed by atoms with Crippen molar-refractivity contribution < 1.29 is 8.42 Å². The van der Waals surface area contributed by atoms with E-state index in [9.17, 15) is 8.42 Å². The number of anilines is 1. The number of para-hydroxylation sites is 1. The molecule has 2 heterocycles. The maximum Gasteiger partial charge on any atom is 0.264 e. The van der Waals surface area contributed by atoms with Crippen molar-refractivity contribution in [3.63, 3.8) is 0 Å². The van der Waals surface area contributed by atoms with Gasteiger partial charge in [0.15, 0.2) is 0 Å². The predicted octanol–water partition coefficient (Wildman–Crippen LogP) is 2.11. The van der Waals surface area contributed by atoms with Crippen molar-refractivity contribution in [1.29, 1.82) is 0 Å². The van der Waals surface area contributed by atoms with E-state index in [1.165, 1.54) is 15.3 Å². The Morgan fingerprint density at radius 1 is 1.12 bits per heavy atom. The van der Waals surface area contributed by atoms with Gasteiger partial charge in [-0.3, -0.25) is 4.31 Å². The van der Waals surface area contributed by atoms with Gasteiger partial charge in [0, 0.05) is 6.04 Å². The Morgan fingerprint density at radius 2 is 1.92 bits per heavy atom. The smallest absolute Gasteiger partial charge is 0.263 e. The predicted molar refractivity (Wildman–Crippen MR) is 93.2 cm³/mol. The fraction of sp³-hybridized carbons (Fsp3) is 0.235. The Balaban J connectivity index is 1.78. The summed E-state index contributed by atoms with van der Waals surface area (Å²) in [5, 5.41) is 11.1. The molecule has 0 amide bonds. The van der Waals surface area contributed by atoms with E-state index in [1.54, 1.807) is 18.2 Å². The highest BCUT2D eigenvalue weighted by molar-refractivity contribution is 7.92. The molecule has 0 spiro atoms. The molecule has 0 saturated heterocycles. The van der Waals surface area contributed by atoms with Crippen LogP contribution in [0.25, 0.3) is 5.69 Å². The number of rotatable bonds is 3. The second-order valence-corrected chi connectivity index (χ2v) is 8.00. The van der Waals surface area contributed by atoms with Gasteiger partial charge in [-0.25, -0.2) is 13.1 Å². The van der Waals surface area contributed by atoms with Crippen molar-refractivity contribution in [2.75, 3.05) is 4.31 Å². The fourth-order valence-corrected chi connectivity index (χ4v) is 5.11. The zero-order valence-corrected chi connectivity index (χ0v) is 14.7. The van der Waals surface area contributed by atoms with Gasteiger partial charge < -0.3 is 0 Å². The Labute approximate surface area is 146 Å². The molecule has 4 rings (SSSR count). The van der Waals surface area contributed by atoms with Crippen LogP contribution in [0.3, 0.4) is 0 Å². The first-order chi connectivity index (χ1) is 12.0. The average Bonchev–Trinajstić information content (AvgIpc) is 3.21. The zero-order valence-electron chi connectivity index (χ0n) is 13.9. The maximum atomic E-state index is 13.2. The fourth-order valence-electron chi connectivity index (χ4n) is 3.33. The summed E-state index contributed by atoms with van der Waals surface area (Å²) < 4.78 is 29.5. The van der Waals surface area contributed by atoms with Gasteiger partial charge in [-0.05, 0) is 66.1 Å². The molecule has 0 N–H and O–H groups in total. The lowest BCUT2D eigenvalue weighted by Crippen LogP contribution is -2.35. The van der Waals surface area contributed by atoms with Crippen molar-refractivity contribution in [1.82, 2.24) is 20.2 Å². The van der Waals surface area contributed by atoms with Crippen LogP contribution >= 0.6 is 0 Å². The molecule has 1 atom stereocenters. The minimum absolute atomic E-state index is 0.109. The van der Waals surface area contributed by atoms with Gasteiger partial charge in [0.05, 0.1) is 16.3 Å². The van der Waals surface area contributed by atoms with Crippen LogP contribution in [-0.4, -0.2) is 34.7 Å². The number of hydrogen-bond donors (Lipinski definition) is 0. The summed E-state index contributed by atoms with van der Waals surface area (Å²) in [6.45, 7) is 3.78. The SMILES string of the molecule is Cc1cc(S(=O)(=O)N2c3ccccc3C[C@H]2C)ccc1-n1cnnn1. The van der Waals surface area contributed by atoms with Crippen LogP contribution in [0.4, 0.5) is 5.69 Å². The van der Waals surface area contributed by atoms with Crippen molar-refractivity contribution in [3.8, 4) is 5.69 Å². The van der Waals surface area contributed by atoms with Crippen LogP contribution in [0.15, 0.2) is 53.7 Å². The minimum Gasteiger partial charge on any atom is -0.263 e. The number of tetrazole rings is 1. The summed E-state index contributed by atoms with van der Waals surface area (Å²) in [5.74, 6) is 0. The third kappa shape index (κ3) is 2.49. The molecule has 25 heavy (non-hydrogen) atoms. The number of benzene rings is 2. The van der Waals surface area contributed by atoms with Crippen LogP contribution in [-0.2, 0) is 16.4 Å². The molecule has 1 aromatic heterocycles. The molecule has 8 heteroatoms. The molecule has 0 fully saturated rings. The third-order valence-electron chi connectivity index (χ3n) is 4.47. The monoisotopic (exact) mass is 355 g/mol. The van der Waals surface area contributed by atoms with Gasteiger partial charge >= 0.3 is 0 Å². The quantitative estimate of drug-likeness (QED) is 0.719. The molecule has 7 nitrogen and oxygen atoms in total. The van der Waals surface area contributed by atoms with Gasteiger partial charge in [-0.15, -0.1) is 5.10 Å². The van der Waals surface area contributed by atoms with Crippen LogP contribution in [0.5, 0.6) is 0 Å². The summed E-state index contributed by atoms with van der Waals surface area (Å²) >= 11 is 0. The summed E-state index contributed by atoms with van der Waals surface area (Å²) in [6, 6.07) is 12.5. The Kier molecular flexibility index (Phi) is 3.57. The van der Waals surface area contributed by atoms with Gasteiger partial charge in [0.1, 0.15) is 6.33 Å². The van der Waals surface area contributed by atoms with E-state index >= 15 is 0 Å². The van der Waals surface area contributed by atoms with E-state index in [2.05, 4.69) is 15.5 Å². The number of nitrogens with zero attached hydrogens (tertiary/aromatic N) is 5. The summed E-state index contributed by atoms with van der Waals surface area (Å²) in [5.41, 5.74) is 3.35. The highest BCUT2D eigenvalue weighted by Gasteiger charge is 2.35. The molecule has 0 unspecified atom stereocenters. The molecular weight excluding hydrogens is 338 g/mol. The van der Waals surface area contributed by atoms with Crippen LogP contribution in [0.1, 0.15) is 18.1 Å². The van der Waals surface area contributed by atoms with E-state index < -0.39 is 10.0 Å². The summed E-state index contributed by atoms with van der Waals surface area (Å²) in [7, 11) is -3.64. The second kappa shape index (κ2) is 5.66. The molecule has 0 aliphatic carbocycles. The lowest BCUT2D eigenvalue weighted by molar-refractivity contribution is 0.584. The number of aromatic nitrogens is 4. The standard InChI is InChI=1S/C17H17N5O2S/c1-12-9-15(7-8-16(12)21-11-18-19-20-21)25(23,24)22-13(2)10-14-5-3-4-6-17(14)22/h3-9,11,13H,10H2,1-2H3/t13-/m1/s1. The largest absolute Gasteiger partial charge is 0.264 e. The van der Waals surface area contributed by atoms with E-state index in [0.717, 1.165) is 28.9 Å². The van der Waals surface area contributed by atoms with E-state index in [0.29, 0.717) is 0 Å². The summed E-state index contributed by atoms with van der Waals surface area (Å²) in [6.07, 6.45) is 2.20. The van der Waals surface area contributed by atoms with E-state index in [-0.39, 0.29) is 10.9 Å². The number of sulfonamides is 1. The highest BCUT2D eigenvalue weighted by atomic mass is 32.2. The van der Waals surface area contributed by atoms with Crippen molar-refractivity contribution in [2.24, 2.45) is 0 Å². The van der Waals surface area contributed by atoms with E-state index in [1.807, 2.05) is 38.1 Å². The Hall–Kier alpha value is -2.74. The first-order valence-corrected chi connectivity index (χ1v) is 9.39. The number of aryl methyl sites for hydroxylation is 1. The summed E-state index contributed by atoms with van der Waals surface area (Å²) in [4.78, 5) is 0.269. The first kappa shape index (κ1) is 15.8. The number of fused-ring (bicyclic) bond motifs is 1. The maximum absolute atomic E-state index is 13.2. The molecule has 128 valence electrons.